The van der Waals surface area contributed by atoms with Gasteiger partial charge in [-0.15, -0.1) is 11.8 Å². The van der Waals surface area contributed by atoms with Crippen molar-refractivity contribution < 1.29 is 4.79 Å². The number of fused-ring (bicyclic) bond motifs is 1. The third kappa shape index (κ3) is 2.29. The lowest BCUT2D eigenvalue weighted by atomic mass is 10.2. The highest BCUT2D eigenvalue weighted by Gasteiger charge is 2.23. The number of hydrogen-bond donors (Lipinski definition) is 0. The van der Waals surface area contributed by atoms with Crippen LogP contribution in [0.2, 0.25) is 0 Å². The third-order valence-corrected chi connectivity index (χ3v) is 3.54. The van der Waals surface area contributed by atoms with Gasteiger partial charge in [0.05, 0.1) is 18.0 Å². The largest absolute Gasteiger partial charge is 0.299 e. The zero-order chi connectivity index (χ0) is 10.7. The van der Waals surface area contributed by atoms with Crippen LogP contribution in [0.5, 0.6) is 0 Å². The summed E-state index contributed by atoms with van der Waals surface area (Å²) in [5, 5.41) is 0. The van der Waals surface area contributed by atoms with E-state index in [-0.39, 0.29) is 5.91 Å². The first kappa shape index (κ1) is 10.8. The lowest BCUT2D eigenvalue weighted by Crippen LogP contribution is -2.35. The molecular weight excluding hydrogens is 321 g/mol. The molecule has 4 heteroatoms. The maximum atomic E-state index is 11.7. The molecule has 1 amide bonds. The third-order valence-electron chi connectivity index (χ3n) is 2.11. The Morgan fingerprint density at radius 1 is 1.47 bits per heavy atom. The van der Waals surface area contributed by atoms with Gasteiger partial charge in [-0.2, -0.15) is 0 Å². The van der Waals surface area contributed by atoms with Crippen molar-refractivity contribution in [1.82, 2.24) is 0 Å². The number of carbonyl (C=O) groups excluding carboxylic acids is 1. The van der Waals surface area contributed by atoms with Crippen molar-refractivity contribution in [2.75, 3.05) is 17.2 Å². The number of thioether (sulfide) groups is 1. The minimum Gasteiger partial charge on any atom is -0.299 e. The first-order valence-electron chi connectivity index (χ1n) is 4.43. The molecule has 0 aromatic heterocycles. The number of rotatable bonds is 1. The summed E-state index contributed by atoms with van der Waals surface area (Å²) in [7, 11) is 0. The summed E-state index contributed by atoms with van der Waals surface area (Å²) in [6, 6.07) is 7.94. The van der Waals surface area contributed by atoms with Gasteiger partial charge in [0, 0.05) is 27.5 Å². The summed E-state index contributed by atoms with van der Waals surface area (Å²) in [6.07, 6.45) is 0. The van der Waals surface area contributed by atoms with Crippen LogP contribution in [-0.2, 0) is 4.79 Å². The number of halogens is 1. The van der Waals surface area contributed by atoms with E-state index in [2.05, 4.69) is 9.85 Å². The van der Waals surface area contributed by atoms with Crippen molar-refractivity contribution in [3.63, 3.8) is 0 Å². The smallest absolute Gasteiger partial charge is 0.238 e. The number of anilines is 1. The first-order valence-corrected chi connectivity index (χ1v) is 6.50. The maximum Gasteiger partial charge on any atom is 0.238 e. The van der Waals surface area contributed by atoms with E-state index in [9.17, 15) is 4.79 Å². The number of para-hydroxylation sites is 1. The molecule has 15 heavy (non-hydrogen) atoms. The van der Waals surface area contributed by atoms with E-state index in [4.69, 9.17) is 0 Å². The molecule has 0 fully saturated rings. The SMILES string of the molecule is O=C1CSc2ccccc2N1CC#CI. The van der Waals surface area contributed by atoms with E-state index in [0.717, 1.165) is 10.6 Å². The second-order valence-corrected chi connectivity index (χ2v) is 4.56. The lowest BCUT2D eigenvalue weighted by Gasteiger charge is -2.26. The lowest BCUT2D eigenvalue weighted by molar-refractivity contribution is -0.116. The van der Waals surface area contributed by atoms with Crippen LogP contribution < -0.4 is 4.90 Å². The van der Waals surface area contributed by atoms with E-state index < -0.39 is 0 Å². The molecule has 0 spiro atoms. The Bertz CT molecular complexity index is 449. The van der Waals surface area contributed by atoms with E-state index in [0.29, 0.717) is 12.3 Å². The molecule has 76 valence electrons. The number of amides is 1. The monoisotopic (exact) mass is 329 g/mol. The van der Waals surface area contributed by atoms with Gasteiger partial charge in [0.1, 0.15) is 0 Å². The highest BCUT2D eigenvalue weighted by atomic mass is 127. The molecular formula is C11H8INOS. The quantitative estimate of drug-likeness (QED) is 0.583. The van der Waals surface area contributed by atoms with Gasteiger partial charge >= 0.3 is 0 Å². The summed E-state index contributed by atoms with van der Waals surface area (Å²) in [5.41, 5.74) is 0.984. The molecule has 0 bridgehead atoms. The van der Waals surface area contributed by atoms with Crippen LogP contribution in [0.15, 0.2) is 29.2 Å². The number of hydrogen-bond acceptors (Lipinski definition) is 2. The van der Waals surface area contributed by atoms with Gasteiger partial charge in [0.25, 0.3) is 0 Å². The summed E-state index contributed by atoms with van der Waals surface area (Å²) in [4.78, 5) is 14.6. The van der Waals surface area contributed by atoms with Gasteiger partial charge < -0.3 is 0 Å². The van der Waals surface area contributed by atoms with Crippen LogP contribution in [0.3, 0.4) is 0 Å². The summed E-state index contributed by atoms with van der Waals surface area (Å²) < 4.78 is 2.79. The maximum absolute atomic E-state index is 11.7. The molecule has 0 unspecified atom stereocenters. The molecule has 2 rings (SSSR count). The molecule has 1 aliphatic rings. The van der Waals surface area contributed by atoms with Gasteiger partial charge in [0.2, 0.25) is 5.91 Å². The molecule has 0 radical (unpaired) electrons. The fourth-order valence-corrected chi connectivity index (χ4v) is 2.54. The predicted molar refractivity (Wildman–Crippen MR) is 71.3 cm³/mol. The molecule has 0 atom stereocenters. The van der Waals surface area contributed by atoms with Gasteiger partial charge in [-0.1, -0.05) is 18.1 Å². The van der Waals surface area contributed by atoms with Crippen LogP contribution in [0, 0.1) is 9.85 Å². The van der Waals surface area contributed by atoms with Crippen molar-refractivity contribution in [2.45, 2.75) is 4.90 Å². The normalized spacial score (nSPS) is 14.2. The van der Waals surface area contributed by atoms with Crippen LogP contribution in [0.25, 0.3) is 0 Å². The first-order chi connectivity index (χ1) is 7.33. The zero-order valence-electron chi connectivity index (χ0n) is 7.87. The minimum atomic E-state index is 0.137. The summed E-state index contributed by atoms with van der Waals surface area (Å²) in [5.74, 6) is 3.57. The fraction of sp³-hybridized carbons (Fsp3) is 0.182. The molecule has 2 nitrogen and oxygen atoms in total. The topological polar surface area (TPSA) is 20.3 Å². The van der Waals surface area contributed by atoms with E-state index >= 15 is 0 Å². The summed E-state index contributed by atoms with van der Waals surface area (Å²) in [6.45, 7) is 0.485. The van der Waals surface area contributed by atoms with Gasteiger partial charge in [-0.05, 0) is 16.1 Å². The second-order valence-electron chi connectivity index (χ2n) is 3.01. The van der Waals surface area contributed by atoms with Crippen molar-refractivity contribution in [2.24, 2.45) is 0 Å². The Labute approximate surface area is 107 Å². The Morgan fingerprint density at radius 2 is 2.27 bits per heavy atom. The minimum absolute atomic E-state index is 0.137. The van der Waals surface area contributed by atoms with E-state index in [1.165, 1.54) is 0 Å². The van der Waals surface area contributed by atoms with Crippen LogP contribution in [0.1, 0.15) is 0 Å². The highest BCUT2D eigenvalue weighted by molar-refractivity contribution is 14.1. The number of nitrogens with zero attached hydrogens (tertiary/aromatic N) is 1. The summed E-state index contributed by atoms with van der Waals surface area (Å²) >= 11 is 3.58. The molecule has 1 aliphatic heterocycles. The molecule has 0 aliphatic carbocycles. The molecule has 1 aromatic carbocycles. The Morgan fingerprint density at radius 3 is 3.07 bits per heavy atom. The molecule has 1 heterocycles. The van der Waals surface area contributed by atoms with Gasteiger partial charge in [-0.25, -0.2) is 0 Å². The number of carbonyl (C=O) groups is 1. The van der Waals surface area contributed by atoms with Crippen LogP contribution in [0.4, 0.5) is 5.69 Å². The molecule has 1 aromatic rings. The van der Waals surface area contributed by atoms with Crippen molar-refractivity contribution in [3.05, 3.63) is 24.3 Å². The van der Waals surface area contributed by atoms with E-state index in [1.807, 2.05) is 46.9 Å². The van der Waals surface area contributed by atoms with Crippen LogP contribution >= 0.6 is 34.4 Å². The average Bonchev–Trinajstić information content (AvgIpc) is 2.28. The van der Waals surface area contributed by atoms with Crippen molar-refractivity contribution in [3.8, 4) is 9.85 Å². The molecule has 0 N–H and O–H groups in total. The van der Waals surface area contributed by atoms with Gasteiger partial charge in [0.15, 0.2) is 0 Å². The average molecular weight is 329 g/mol. The highest BCUT2D eigenvalue weighted by Crippen LogP contribution is 2.34. The predicted octanol–water partition coefficient (Wildman–Crippen LogP) is 2.52. The molecule has 0 saturated heterocycles. The Balaban J connectivity index is 2.35. The Kier molecular flexibility index (Phi) is 3.54. The van der Waals surface area contributed by atoms with Gasteiger partial charge in [-0.3, -0.25) is 9.69 Å². The second kappa shape index (κ2) is 4.90. The standard InChI is InChI=1S/C11H8INOS/c12-6-3-7-13-9-4-1-2-5-10(9)15-8-11(13)14/h1-2,4-5H,7-8H2. The van der Waals surface area contributed by atoms with E-state index in [1.54, 1.807) is 16.7 Å². The number of benzene rings is 1. The van der Waals surface area contributed by atoms with Crippen LogP contribution in [-0.4, -0.2) is 18.2 Å². The fourth-order valence-electron chi connectivity index (χ4n) is 1.44. The zero-order valence-corrected chi connectivity index (χ0v) is 10.8. The van der Waals surface area contributed by atoms with Crippen molar-refractivity contribution >= 4 is 45.9 Å². The van der Waals surface area contributed by atoms with Crippen molar-refractivity contribution in [1.29, 1.82) is 0 Å². The Hall–Kier alpha value is -0.670. The molecule has 0 saturated carbocycles.